The third-order valence-corrected chi connectivity index (χ3v) is 6.49. The van der Waals surface area contributed by atoms with Crippen molar-refractivity contribution in [3.63, 3.8) is 0 Å². The second-order valence-electron chi connectivity index (χ2n) is 7.93. The Labute approximate surface area is 163 Å². The van der Waals surface area contributed by atoms with E-state index in [4.69, 9.17) is 0 Å². The Kier molecular flexibility index (Phi) is 3.91. The fraction of sp³-hybridized carbons (Fsp3) is 0.364. The molecule has 3 heterocycles. The molecule has 2 saturated heterocycles. The van der Waals surface area contributed by atoms with E-state index < -0.39 is 11.5 Å². The molecular weight excluding hydrogens is 354 g/mol. The van der Waals surface area contributed by atoms with Crippen molar-refractivity contribution in [2.24, 2.45) is 5.92 Å². The van der Waals surface area contributed by atoms with E-state index in [-0.39, 0.29) is 23.6 Å². The minimum absolute atomic E-state index is 0.0807. The van der Waals surface area contributed by atoms with Crippen LogP contribution in [0.4, 0.5) is 5.69 Å². The van der Waals surface area contributed by atoms with E-state index in [1.165, 1.54) is 0 Å². The summed E-state index contributed by atoms with van der Waals surface area (Å²) in [5.41, 5.74) is 1.75. The van der Waals surface area contributed by atoms with E-state index in [2.05, 4.69) is 15.5 Å². The molecule has 2 amide bonds. The van der Waals surface area contributed by atoms with Gasteiger partial charge in [-0.3, -0.25) is 14.5 Å². The molecule has 5 rings (SSSR count). The quantitative estimate of drug-likeness (QED) is 0.767. The minimum Gasteiger partial charge on any atom is -0.508 e. The van der Waals surface area contributed by atoms with Crippen LogP contribution in [0.1, 0.15) is 30.4 Å². The summed E-state index contributed by atoms with van der Waals surface area (Å²) in [5.74, 6) is -0.388. The fourth-order valence-electron chi connectivity index (χ4n) is 5.31. The van der Waals surface area contributed by atoms with Crippen molar-refractivity contribution in [1.82, 2.24) is 10.2 Å². The Hall–Kier alpha value is -2.86. The molecule has 2 fully saturated rings. The highest BCUT2D eigenvalue weighted by molar-refractivity contribution is 6.09. The van der Waals surface area contributed by atoms with Gasteiger partial charge in [-0.25, -0.2) is 0 Å². The number of benzene rings is 2. The summed E-state index contributed by atoms with van der Waals surface area (Å²) in [4.78, 5) is 28.8. The van der Waals surface area contributed by atoms with Crippen LogP contribution in [-0.2, 0) is 21.7 Å². The molecule has 0 saturated carbocycles. The van der Waals surface area contributed by atoms with Gasteiger partial charge in [-0.2, -0.15) is 0 Å². The molecule has 28 heavy (non-hydrogen) atoms. The highest BCUT2D eigenvalue weighted by Crippen LogP contribution is 2.55. The highest BCUT2D eigenvalue weighted by Gasteiger charge is 2.65. The number of phenols is 1. The largest absolute Gasteiger partial charge is 0.508 e. The average molecular weight is 377 g/mol. The maximum atomic E-state index is 13.3. The second-order valence-corrected chi connectivity index (χ2v) is 7.93. The number of anilines is 1. The minimum atomic E-state index is -0.906. The number of amides is 2. The predicted molar refractivity (Wildman–Crippen MR) is 105 cm³/mol. The summed E-state index contributed by atoms with van der Waals surface area (Å²) in [6.45, 7) is 1.22. The number of nitrogens with one attached hydrogen (secondary N) is 2. The third kappa shape index (κ3) is 2.37. The lowest BCUT2D eigenvalue weighted by molar-refractivity contribution is -0.137. The van der Waals surface area contributed by atoms with Crippen molar-refractivity contribution in [2.75, 3.05) is 11.9 Å². The molecule has 0 radical (unpaired) electrons. The van der Waals surface area contributed by atoms with Gasteiger partial charge in [-0.15, -0.1) is 0 Å². The molecule has 3 aliphatic rings. The number of fused-ring (bicyclic) bond motifs is 4. The van der Waals surface area contributed by atoms with Crippen LogP contribution in [0.3, 0.4) is 0 Å². The van der Waals surface area contributed by atoms with E-state index in [0.29, 0.717) is 13.0 Å². The van der Waals surface area contributed by atoms with Crippen LogP contribution >= 0.6 is 0 Å². The highest BCUT2D eigenvalue weighted by atomic mass is 16.3. The molecule has 6 heteroatoms. The van der Waals surface area contributed by atoms with Crippen LogP contribution in [0.5, 0.6) is 5.75 Å². The summed E-state index contributed by atoms with van der Waals surface area (Å²) < 4.78 is 0. The van der Waals surface area contributed by atoms with E-state index in [1.54, 1.807) is 24.3 Å². The van der Waals surface area contributed by atoms with Crippen molar-refractivity contribution >= 4 is 17.5 Å². The van der Waals surface area contributed by atoms with Gasteiger partial charge in [0.2, 0.25) is 11.8 Å². The molecule has 3 N–H and O–H groups in total. The van der Waals surface area contributed by atoms with Crippen LogP contribution in [-0.4, -0.2) is 34.4 Å². The first kappa shape index (κ1) is 17.3. The Bertz CT molecular complexity index is 942. The Morgan fingerprint density at radius 1 is 1.21 bits per heavy atom. The molecule has 3 aliphatic heterocycles. The Balaban J connectivity index is 1.47. The van der Waals surface area contributed by atoms with Gasteiger partial charge in [-0.05, 0) is 49.6 Å². The number of hydrogen-bond acceptors (Lipinski definition) is 4. The van der Waals surface area contributed by atoms with Crippen LogP contribution < -0.4 is 10.6 Å². The lowest BCUT2D eigenvalue weighted by Crippen LogP contribution is -2.54. The number of carbonyl (C=O) groups is 2. The zero-order valence-corrected chi connectivity index (χ0v) is 15.5. The first-order valence-electron chi connectivity index (χ1n) is 9.84. The van der Waals surface area contributed by atoms with Crippen molar-refractivity contribution in [3.8, 4) is 5.75 Å². The first-order chi connectivity index (χ1) is 13.6. The van der Waals surface area contributed by atoms with Gasteiger partial charge in [0.15, 0.2) is 0 Å². The molecule has 2 aromatic carbocycles. The maximum absolute atomic E-state index is 13.3. The van der Waals surface area contributed by atoms with Gasteiger partial charge in [0.1, 0.15) is 11.3 Å². The van der Waals surface area contributed by atoms with E-state index in [1.807, 2.05) is 24.3 Å². The average Bonchev–Trinajstić information content (AvgIpc) is 3.36. The summed E-state index contributed by atoms with van der Waals surface area (Å²) >= 11 is 0. The molecule has 0 unspecified atom stereocenters. The summed E-state index contributed by atoms with van der Waals surface area (Å²) in [5, 5.41) is 15.5. The van der Waals surface area contributed by atoms with Gasteiger partial charge in [0.05, 0.1) is 5.92 Å². The van der Waals surface area contributed by atoms with Gasteiger partial charge in [-0.1, -0.05) is 30.3 Å². The lowest BCUT2D eigenvalue weighted by atomic mass is 9.78. The van der Waals surface area contributed by atoms with E-state index in [0.717, 1.165) is 36.2 Å². The zero-order valence-electron chi connectivity index (χ0n) is 15.5. The van der Waals surface area contributed by atoms with Crippen molar-refractivity contribution in [2.45, 2.75) is 37.4 Å². The molecule has 144 valence electrons. The van der Waals surface area contributed by atoms with Crippen LogP contribution in [0, 0.1) is 5.92 Å². The fourth-order valence-corrected chi connectivity index (χ4v) is 5.31. The number of phenolic OH excluding ortho intramolecular Hbond substituents is 1. The van der Waals surface area contributed by atoms with Gasteiger partial charge in [0.25, 0.3) is 0 Å². The van der Waals surface area contributed by atoms with Crippen molar-refractivity contribution < 1.29 is 14.7 Å². The van der Waals surface area contributed by atoms with E-state index >= 15 is 0 Å². The first-order valence-corrected chi connectivity index (χ1v) is 9.84. The number of aromatic hydroxyl groups is 1. The predicted octanol–water partition coefficient (Wildman–Crippen LogP) is 2.34. The number of para-hydroxylation sites is 1. The molecule has 3 atom stereocenters. The second kappa shape index (κ2) is 6.34. The topological polar surface area (TPSA) is 81.7 Å². The summed E-state index contributed by atoms with van der Waals surface area (Å²) in [6, 6.07) is 14.8. The molecule has 6 nitrogen and oxygen atoms in total. The molecular formula is C22H23N3O3. The molecule has 1 spiro atoms. The SMILES string of the molecule is O=C(NCc1ccc(O)cc1)[C@@H]1C[C@H]2CCCN2[C@]12C(=O)Nc1ccccc12. The molecule has 0 aliphatic carbocycles. The molecule has 0 bridgehead atoms. The van der Waals surface area contributed by atoms with Crippen LogP contribution in [0.25, 0.3) is 0 Å². The van der Waals surface area contributed by atoms with Gasteiger partial charge >= 0.3 is 0 Å². The third-order valence-electron chi connectivity index (χ3n) is 6.49. The zero-order chi connectivity index (χ0) is 19.3. The summed E-state index contributed by atoms with van der Waals surface area (Å²) in [6.07, 6.45) is 2.78. The number of rotatable bonds is 3. The standard InChI is InChI=1S/C22H23N3O3/c26-16-9-7-14(8-10-16)13-23-20(27)18-12-15-4-3-11-25(15)22(18)17-5-1-2-6-19(17)24-21(22)28/h1-2,5-10,15,18,26H,3-4,11-13H2,(H,23,27)(H,24,28)/t15-,18+,22+/m1/s1. The normalized spacial score (nSPS) is 28.2. The van der Waals surface area contributed by atoms with Crippen LogP contribution in [0.2, 0.25) is 0 Å². The molecule has 2 aromatic rings. The molecule has 0 aromatic heterocycles. The summed E-state index contributed by atoms with van der Waals surface area (Å²) in [7, 11) is 0. The smallest absolute Gasteiger partial charge is 0.250 e. The van der Waals surface area contributed by atoms with Gasteiger partial charge < -0.3 is 15.7 Å². The monoisotopic (exact) mass is 377 g/mol. The Morgan fingerprint density at radius 2 is 2.00 bits per heavy atom. The number of nitrogens with zero attached hydrogens (tertiary/aromatic N) is 1. The number of carbonyl (C=O) groups excluding carboxylic acids is 2. The van der Waals surface area contributed by atoms with Crippen molar-refractivity contribution in [1.29, 1.82) is 0 Å². The lowest BCUT2D eigenvalue weighted by Gasteiger charge is -2.36. The van der Waals surface area contributed by atoms with Crippen molar-refractivity contribution in [3.05, 3.63) is 59.7 Å². The maximum Gasteiger partial charge on any atom is 0.250 e. The number of hydrogen-bond donors (Lipinski definition) is 3. The van der Waals surface area contributed by atoms with E-state index in [9.17, 15) is 14.7 Å². The van der Waals surface area contributed by atoms with Gasteiger partial charge in [0, 0.05) is 23.8 Å². The van der Waals surface area contributed by atoms with Crippen LogP contribution in [0.15, 0.2) is 48.5 Å². The Morgan fingerprint density at radius 3 is 2.82 bits per heavy atom.